The van der Waals surface area contributed by atoms with Gasteiger partial charge in [-0.1, -0.05) is 37.2 Å². The highest BCUT2D eigenvalue weighted by Gasteiger charge is 2.45. The fourth-order valence-electron chi connectivity index (χ4n) is 2.95. The van der Waals surface area contributed by atoms with Gasteiger partial charge in [-0.15, -0.1) is 24.0 Å². The van der Waals surface area contributed by atoms with E-state index in [0.717, 1.165) is 24.2 Å². The Morgan fingerprint density at radius 3 is 2.63 bits per heavy atom. The third-order valence-electron chi connectivity index (χ3n) is 4.75. The highest BCUT2D eigenvalue weighted by atomic mass is 127. The topological polar surface area (TPSA) is 75.3 Å². The second kappa shape index (κ2) is 9.48. The summed E-state index contributed by atoms with van der Waals surface area (Å²) in [6.07, 6.45) is 2.59. The first-order valence-corrected chi connectivity index (χ1v) is 9.06. The molecule has 0 atom stereocenters. The largest absolute Gasteiger partial charge is 0.356 e. The predicted molar refractivity (Wildman–Crippen MR) is 114 cm³/mol. The molecule has 148 valence electrons. The third-order valence-corrected chi connectivity index (χ3v) is 4.75. The zero-order chi connectivity index (χ0) is 18.6. The van der Waals surface area contributed by atoms with Crippen LogP contribution in [0.15, 0.2) is 33.8 Å². The molecule has 3 rings (SSSR count). The number of hydrogen-bond donors (Lipinski definition) is 2. The fourth-order valence-corrected chi connectivity index (χ4v) is 2.95. The van der Waals surface area contributed by atoms with Crippen LogP contribution in [-0.2, 0) is 11.8 Å². The molecule has 1 heterocycles. The van der Waals surface area contributed by atoms with Crippen LogP contribution in [0.1, 0.15) is 49.9 Å². The van der Waals surface area contributed by atoms with Gasteiger partial charge in [-0.05, 0) is 24.5 Å². The molecule has 0 bridgehead atoms. The van der Waals surface area contributed by atoms with Crippen LogP contribution >= 0.6 is 24.0 Å². The Labute approximate surface area is 176 Å². The molecule has 8 heteroatoms. The van der Waals surface area contributed by atoms with Crippen molar-refractivity contribution in [1.29, 1.82) is 0 Å². The Balaban J connectivity index is 0.00000261. The van der Waals surface area contributed by atoms with Crippen LogP contribution in [0, 0.1) is 5.82 Å². The minimum Gasteiger partial charge on any atom is -0.356 e. The average Bonchev–Trinajstić information content (AvgIpc) is 3.26. The van der Waals surface area contributed by atoms with Crippen molar-refractivity contribution in [3.05, 3.63) is 47.4 Å². The van der Waals surface area contributed by atoms with Gasteiger partial charge in [-0.25, -0.2) is 4.39 Å². The molecular weight excluding hydrogens is 460 g/mol. The molecule has 0 unspecified atom stereocenters. The van der Waals surface area contributed by atoms with Crippen LogP contribution < -0.4 is 10.6 Å². The van der Waals surface area contributed by atoms with Crippen molar-refractivity contribution in [1.82, 2.24) is 20.8 Å². The van der Waals surface area contributed by atoms with E-state index < -0.39 is 0 Å². The summed E-state index contributed by atoms with van der Waals surface area (Å²) in [6.45, 7) is 5.35. The SMILES string of the molecule is CN=C(NCCc1nc(C(C)C)no1)NCC1(c2ccccc2F)CC1.I. The number of aliphatic imine (C=N–C) groups is 1. The van der Waals surface area contributed by atoms with Gasteiger partial charge >= 0.3 is 0 Å². The quantitative estimate of drug-likeness (QED) is 0.356. The molecule has 1 aliphatic carbocycles. The molecule has 1 aromatic carbocycles. The molecule has 0 radical (unpaired) electrons. The van der Waals surface area contributed by atoms with Crippen molar-refractivity contribution in [3.8, 4) is 0 Å². The van der Waals surface area contributed by atoms with Gasteiger partial charge < -0.3 is 15.2 Å². The van der Waals surface area contributed by atoms with E-state index in [1.807, 2.05) is 26.0 Å². The van der Waals surface area contributed by atoms with Crippen molar-refractivity contribution in [3.63, 3.8) is 0 Å². The molecule has 1 aromatic heterocycles. The van der Waals surface area contributed by atoms with E-state index in [9.17, 15) is 4.39 Å². The van der Waals surface area contributed by atoms with E-state index in [1.165, 1.54) is 6.07 Å². The Morgan fingerprint density at radius 1 is 1.30 bits per heavy atom. The number of nitrogens with one attached hydrogen (secondary N) is 2. The van der Waals surface area contributed by atoms with E-state index in [2.05, 4.69) is 25.8 Å². The van der Waals surface area contributed by atoms with Crippen LogP contribution in [-0.4, -0.2) is 36.2 Å². The molecule has 0 amide bonds. The molecule has 1 saturated carbocycles. The van der Waals surface area contributed by atoms with Crippen molar-refractivity contribution in [2.45, 2.75) is 44.4 Å². The second-order valence-corrected chi connectivity index (χ2v) is 7.06. The molecule has 2 N–H and O–H groups in total. The van der Waals surface area contributed by atoms with Crippen molar-refractivity contribution in [2.24, 2.45) is 4.99 Å². The molecule has 1 aliphatic rings. The van der Waals surface area contributed by atoms with Gasteiger partial charge in [0.1, 0.15) is 5.82 Å². The molecule has 0 saturated heterocycles. The summed E-state index contributed by atoms with van der Waals surface area (Å²) in [5.41, 5.74) is 0.664. The number of rotatable bonds is 7. The number of hydrogen-bond acceptors (Lipinski definition) is 4. The van der Waals surface area contributed by atoms with Crippen LogP contribution in [0.4, 0.5) is 4.39 Å². The van der Waals surface area contributed by atoms with Gasteiger partial charge in [0, 0.05) is 37.9 Å². The maximum Gasteiger partial charge on any atom is 0.228 e. The van der Waals surface area contributed by atoms with E-state index in [1.54, 1.807) is 13.1 Å². The zero-order valence-corrected chi connectivity index (χ0v) is 18.3. The minimum absolute atomic E-state index is 0. The van der Waals surface area contributed by atoms with Crippen molar-refractivity contribution < 1.29 is 8.91 Å². The first-order valence-electron chi connectivity index (χ1n) is 9.06. The fraction of sp³-hybridized carbons (Fsp3) is 0.526. The summed E-state index contributed by atoms with van der Waals surface area (Å²) in [4.78, 5) is 8.59. The predicted octanol–water partition coefficient (Wildman–Crippen LogP) is 3.39. The van der Waals surface area contributed by atoms with Crippen LogP contribution in [0.5, 0.6) is 0 Å². The molecule has 2 aromatic rings. The summed E-state index contributed by atoms with van der Waals surface area (Å²) < 4.78 is 19.3. The monoisotopic (exact) mass is 487 g/mol. The number of guanidine groups is 1. The van der Waals surface area contributed by atoms with E-state index in [0.29, 0.717) is 31.4 Å². The lowest BCUT2D eigenvalue weighted by molar-refractivity contribution is 0.371. The minimum atomic E-state index is -0.132. The van der Waals surface area contributed by atoms with Gasteiger partial charge in [-0.3, -0.25) is 4.99 Å². The standard InChI is InChI=1S/C19H26FN5O.HI/c1-13(2)17-24-16(26-25-17)8-11-22-18(21-3)23-12-19(9-10-19)14-6-4-5-7-15(14)20;/h4-7,13H,8-12H2,1-3H3,(H2,21,22,23);1H. The summed E-state index contributed by atoms with van der Waals surface area (Å²) in [6, 6.07) is 7.02. The van der Waals surface area contributed by atoms with Crippen molar-refractivity contribution >= 4 is 29.9 Å². The zero-order valence-electron chi connectivity index (χ0n) is 16.0. The van der Waals surface area contributed by atoms with Gasteiger partial charge in [0.25, 0.3) is 0 Å². The van der Waals surface area contributed by atoms with E-state index >= 15 is 0 Å². The summed E-state index contributed by atoms with van der Waals surface area (Å²) in [7, 11) is 1.72. The third kappa shape index (κ3) is 5.40. The Kier molecular flexibility index (Phi) is 7.58. The number of nitrogens with zero attached hydrogens (tertiary/aromatic N) is 3. The van der Waals surface area contributed by atoms with Gasteiger partial charge in [-0.2, -0.15) is 4.98 Å². The summed E-state index contributed by atoms with van der Waals surface area (Å²) >= 11 is 0. The maximum atomic E-state index is 14.1. The smallest absolute Gasteiger partial charge is 0.228 e. The maximum absolute atomic E-state index is 14.1. The lowest BCUT2D eigenvalue weighted by Crippen LogP contribution is -2.42. The van der Waals surface area contributed by atoms with Crippen LogP contribution in [0.3, 0.4) is 0 Å². The number of benzene rings is 1. The van der Waals surface area contributed by atoms with Crippen LogP contribution in [0.25, 0.3) is 0 Å². The Hall–Kier alpha value is -1.71. The second-order valence-electron chi connectivity index (χ2n) is 7.06. The first-order chi connectivity index (χ1) is 12.5. The summed E-state index contributed by atoms with van der Waals surface area (Å²) in [5.74, 6) is 2.15. The van der Waals surface area contributed by atoms with E-state index in [4.69, 9.17) is 4.52 Å². The number of aromatic nitrogens is 2. The highest BCUT2D eigenvalue weighted by molar-refractivity contribution is 14.0. The van der Waals surface area contributed by atoms with Gasteiger partial charge in [0.2, 0.25) is 5.89 Å². The lowest BCUT2D eigenvalue weighted by atomic mass is 9.95. The molecule has 0 aliphatic heterocycles. The van der Waals surface area contributed by atoms with Crippen LogP contribution in [0.2, 0.25) is 0 Å². The van der Waals surface area contributed by atoms with Crippen molar-refractivity contribution in [2.75, 3.05) is 20.1 Å². The highest BCUT2D eigenvalue weighted by Crippen LogP contribution is 2.48. The number of halogens is 2. The normalized spacial score (nSPS) is 15.4. The average molecular weight is 487 g/mol. The Bertz CT molecular complexity index is 773. The Morgan fingerprint density at radius 2 is 2.04 bits per heavy atom. The van der Waals surface area contributed by atoms with Gasteiger partial charge in [0.15, 0.2) is 11.8 Å². The lowest BCUT2D eigenvalue weighted by Gasteiger charge is -2.19. The molecule has 1 fully saturated rings. The molecule has 27 heavy (non-hydrogen) atoms. The molecule has 6 nitrogen and oxygen atoms in total. The first kappa shape index (κ1) is 21.6. The molecule has 0 spiro atoms. The van der Waals surface area contributed by atoms with Gasteiger partial charge in [0.05, 0.1) is 0 Å². The van der Waals surface area contributed by atoms with E-state index in [-0.39, 0.29) is 41.1 Å². The summed E-state index contributed by atoms with van der Waals surface area (Å²) in [5, 5.41) is 10.5. The molecular formula is C19H27FIN5O.